The number of nitrogens with zero attached hydrogens (tertiary/aromatic N) is 2. The predicted molar refractivity (Wildman–Crippen MR) is 49.4 cm³/mol. The topological polar surface area (TPSA) is 48.4 Å². The van der Waals surface area contributed by atoms with E-state index >= 15 is 0 Å². The first-order valence-electron chi connectivity index (χ1n) is 3.79. The average molecular weight is 298 g/mol. The zero-order valence-electron chi connectivity index (χ0n) is 8.45. The zero-order valence-corrected chi connectivity index (χ0v) is 12.9. The van der Waals surface area contributed by atoms with Gasteiger partial charge in [-0.2, -0.15) is 4.79 Å². The van der Waals surface area contributed by atoms with Crippen LogP contribution in [0.1, 0.15) is 5.56 Å². The Kier molecular flexibility index (Phi) is 15.6. The molecule has 0 heterocycles. The van der Waals surface area contributed by atoms with Gasteiger partial charge < -0.3 is 35.7 Å². The summed E-state index contributed by atoms with van der Waals surface area (Å²) in [6, 6.07) is 7.96. The predicted octanol–water partition coefficient (Wildman–Crippen LogP) is -4.42. The Hall–Kier alpha value is -0.397. The van der Waals surface area contributed by atoms with Crippen LogP contribution in [0.5, 0.6) is 0 Å². The van der Waals surface area contributed by atoms with Crippen LogP contribution in [0.2, 0.25) is 0 Å². The van der Waals surface area contributed by atoms with Crippen LogP contribution < -0.4 is 30.1 Å². The van der Waals surface area contributed by atoms with Crippen molar-refractivity contribution >= 4 is 11.9 Å². The van der Waals surface area contributed by atoms with Crippen LogP contribution in [-0.2, 0) is 25.9 Å². The van der Waals surface area contributed by atoms with Crippen LogP contribution in [0.25, 0.3) is 5.53 Å². The molecule has 0 fully saturated rings. The number of halogens is 2. The molecule has 0 spiro atoms. The van der Waals surface area contributed by atoms with Crippen molar-refractivity contribution < 1.29 is 49.1 Å². The first-order valence-corrected chi connectivity index (χ1v) is 3.79. The van der Waals surface area contributed by atoms with E-state index in [1.54, 1.807) is 0 Å². The van der Waals surface area contributed by atoms with Crippen LogP contribution in [0.15, 0.2) is 24.3 Å². The molecular weight excluding hydrogens is 286 g/mol. The van der Waals surface area contributed by atoms with Gasteiger partial charge in [-0.3, -0.25) is 0 Å². The van der Waals surface area contributed by atoms with Crippen molar-refractivity contribution in [2.45, 2.75) is 6.42 Å². The molecule has 0 unspecified atom stereocenters. The second kappa shape index (κ2) is 11.7. The zero-order chi connectivity index (χ0) is 8.81. The number of hydrogen-bond acceptors (Lipinski definition) is 1. The fourth-order valence-electron chi connectivity index (χ4n) is 0.954. The molecular formula is C9H11Cl2N3Zn. The molecule has 0 saturated carbocycles. The third kappa shape index (κ3) is 7.52. The van der Waals surface area contributed by atoms with Crippen LogP contribution >= 0.6 is 0 Å². The smallest absolute Gasteiger partial charge is 1.00 e. The minimum absolute atomic E-state index is 0. The summed E-state index contributed by atoms with van der Waals surface area (Å²) in [5, 5.41) is 3.03. The summed E-state index contributed by atoms with van der Waals surface area (Å²) in [5.41, 5.74) is 10.4. The van der Waals surface area contributed by atoms with Gasteiger partial charge >= 0.3 is 19.5 Å². The molecule has 1 aromatic carbocycles. The third-order valence-electron chi connectivity index (χ3n) is 1.65. The standard InChI is InChI=1S/C9H11N3.2ClH.Zn/c1-11-9-4-2-8(3-5-9)6-7-12-10;;;/h2-5,7,11H,6H2,1H3;2*1H;/q;;;+2/p-2. The van der Waals surface area contributed by atoms with Crippen molar-refractivity contribution in [3.63, 3.8) is 0 Å². The molecule has 0 aliphatic heterocycles. The van der Waals surface area contributed by atoms with Crippen molar-refractivity contribution in [1.29, 1.82) is 0 Å². The summed E-state index contributed by atoms with van der Waals surface area (Å²) in [4.78, 5) is 2.93. The Morgan fingerprint density at radius 1 is 1.27 bits per heavy atom. The van der Waals surface area contributed by atoms with E-state index in [1.807, 2.05) is 31.3 Å². The molecule has 0 saturated heterocycles. The largest absolute Gasteiger partial charge is 2.00 e. The van der Waals surface area contributed by atoms with Crippen molar-refractivity contribution in [1.82, 2.24) is 0 Å². The fraction of sp³-hybridized carbons (Fsp3) is 0.222. The molecule has 0 aliphatic rings. The van der Waals surface area contributed by atoms with Gasteiger partial charge in [0.2, 0.25) is 0 Å². The number of rotatable bonds is 3. The molecule has 0 aromatic heterocycles. The third-order valence-corrected chi connectivity index (χ3v) is 1.65. The number of hydrogen-bond donors (Lipinski definition) is 1. The van der Waals surface area contributed by atoms with E-state index in [0.717, 1.165) is 11.3 Å². The minimum atomic E-state index is 0. The molecule has 1 aromatic rings. The Labute approximate surface area is 115 Å². The molecule has 0 atom stereocenters. The van der Waals surface area contributed by atoms with E-state index in [-0.39, 0.29) is 44.3 Å². The molecule has 0 radical (unpaired) electrons. The van der Waals surface area contributed by atoms with E-state index in [0.29, 0.717) is 6.42 Å². The maximum absolute atomic E-state index is 8.19. The van der Waals surface area contributed by atoms with Gasteiger partial charge in [-0.15, -0.1) is 0 Å². The Morgan fingerprint density at radius 2 is 1.80 bits per heavy atom. The summed E-state index contributed by atoms with van der Waals surface area (Å²) < 4.78 is 0. The summed E-state index contributed by atoms with van der Waals surface area (Å²) in [7, 11) is 1.88. The van der Waals surface area contributed by atoms with Crippen molar-refractivity contribution in [3.8, 4) is 0 Å². The van der Waals surface area contributed by atoms with Crippen molar-refractivity contribution in [3.05, 3.63) is 35.4 Å². The Bertz CT molecular complexity index is 297. The van der Waals surface area contributed by atoms with Gasteiger partial charge in [-0.1, -0.05) is 12.1 Å². The monoisotopic (exact) mass is 295 g/mol. The number of benzene rings is 1. The number of anilines is 1. The molecule has 6 heteroatoms. The van der Waals surface area contributed by atoms with Gasteiger partial charge in [-0.05, 0) is 17.7 Å². The fourth-order valence-corrected chi connectivity index (χ4v) is 0.954. The molecule has 1 N–H and O–H groups in total. The molecule has 0 amide bonds. The molecule has 78 valence electrons. The van der Waals surface area contributed by atoms with E-state index in [2.05, 4.69) is 10.1 Å². The van der Waals surface area contributed by atoms with Crippen LogP contribution in [0.3, 0.4) is 0 Å². The first kappa shape index (κ1) is 20.1. The molecule has 3 nitrogen and oxygen atoms in total. The molecule has 15 heavy (non-hydrogen) atoms. The van der Waals surface area contributed by atoms with E-state index in [9.17, 15) is 0 Å². The average Bonchev–Trinajstić information content (AvgIpc) is 2.15. The maximum atomic E-state index is 8.19. The van der Waals surface area contributed by atoms with Crippen LogP contribution in [0, 0.1) is 0 Å². The Morgan fingerprint density at radius 3 is 2.20 bits per heavy atom. The van der Waals surface area contributed by atoms with Gasteiger partial charge in [0, 0.05) is 12.7 Å². The van der Waals surface area contributed by atoms with Crippen LogP contribution in [0.4, 0.5) is 5.69 Å². The normalized spacial score (nSPS) is 7.00. The summed E-state index contributed by atoms with van der Waals surface area (Å²) in [5.74, 6) is 0. The van der Waals surface area contributed by atoms with Gasteiger partial charge in [0.25, 0.3) is 6.21 Å². The second-order valence-electron chi connectivity index (χ2n) is 2.45. The van der Waals surface area contributed by atoms with E-state index in [1.165, 1.54) is 6.21 Å². The van der Waals surface area contributed by atoms with Crippen molar-refractivity contribution in [2.24, 2.45) is 0 Å². The van der Waals surface area contributed by atoms with Gasteiger partial charge in [0.1, 0.15) is 0 Å². The van der Waals surface area contributed by atoms with Gasteiger partial charge in [-0.25, -0.2) is 0 Å². The van der Waals surface area contributed by atoms with Gasteiger partial charge in [0.15, 0.2) is 0 Å². The maximum Gasteiger partial charge on any atom is 2.00 e. The minimum Gasteiger partial charge on any atom is -1.00 e. The van der Waals surface area contributed by atoms with Crippen LogP contribution in [-0.4, -0.2) is 18.1 Å². The summed E-state index contributed by atoms with van der Waals surface area (Å²) >= 11 is 0. The van der Waals surface area contributed by atoms with Crippen molar-refractivity contribution in [2.75, 3.05) is 12.4 Å². The van der Waals surface area contributed by atoms with E-state index in [4.69, 9.17) is 5.53 Å². The number of nitrogens with one attached hydrogen (secondary N) is 1. The van der Waals surface area contributed by atoms with E-state index < -0.39 is 0 Å². The quantitative estimate of drug-likeness (QED) is 0.260. The summed E-state index contributed by atoms with van der Waals surface area (Å²) in [6.45, 7) is 0. The SMILES string of the molecule is CNc1ccc(CC=[N+]=[N-])cc1.[Cl-].[Cl-].[Zn+2]. The Balaban J connectivity index is -0.000000480. The molecule has 0 aliphatic carbocycles. The summed E-state index contributed by atoms with van der Waals surface area (Å²) in [6.07, 6.45) is 2.13. The first-order chi connectivity index (χ1) is 5.86. The van der Waals surface area contributed by atoms with Gasteiger partial charge in [0.05, 0.1) is 6.42 Å². The second-order valence-corrected chi connectivity index (χ2v) is 2.45. The molecule has 0 bridgehead atoms. The molecule has 1 rings (SSSR count).